The predicted molar refractivity (Wildman–Crippen MR) is 50.9 cm³/mol. The lowest BCUT2D eigenvalue weighted by molar-refractivity contribution is 0.360. The Hall–Kier alpha value is -1.10. The van der Waals surface area contributed by atoms with Gasteiger partial charge in [0.15, 0.2) is 5.82 Å². The first-order valence-corrected chi connectivity index (χ1v) is 5.07. The van der Waals surface area contributed by atoms with Gasteiger partial charge in [-0.1, -0.05) is 18.0 Å². The van der Waals surface area contributed by atoms with Gasteiger partial charge in [0, 0.05) is 12.5 Å². The Morgan fingerprint density at radius 1 is 1.57 bits per heavy atom. The third-order valence-corrected chi connectivity index (χ3v) is 3.03. The fourth-order valence-electron chi connectivity index (χ4n) is 2.29. The molecule has 0 amide bonds. The number of nitrogens with two attached hydrogens (primary N) is 1. The second-order valence-electron chi connectivity index (χ2n) is 3.87. The molecule has 1 saturated carbocycles. The standard InChI is InChI=1S/C9H15N3O2/c10-5-7(6-3-1-2-4-6)8-11-9(13)14-12-8/h6-7H,1-5,10H2,(H,11,12,13)/t7-/m0/s1. The van der Waals surface area contributed by atoms with Crippen molar-refractivity contribution in [1.29, 1.82) is 0 Å². The highest BCUT2D eigenvalue weighted by Gasteiger charge is 2.27. The van der Waals surface area contributed by atoms with Gasteiger partial charge in [-0.05, 0) is 18.8 Å². The van der Waals surface area contributed by atoms with Crippen LogP contribution in [0.5, 0.6) is 0 Å². The summed E-state index contributed by atoms with van der Waals surface area (Å²) in [6.45, 7) is 0.521. The van der Waals surface area contributed by atoms with Crippen LogP contribution in [0.25, 0.3) is 0 Å². The number of aromatic nitrogens is 2. The van der Waals surface area contributed by atoms with Crippen molar-refractivity contribution in [1.82, 2.24) is 10.1 Å². The largest absolute Gasteiger partial charge is 0.438 e. The SMILES string of the molecule is NC[C@H](c1noc(=O)[nH]1)C1CCCC1. The summed E-state index contributed by atoms with van der Waals surface area (Å²) >= 11 is 0. The van der Waals surface area contributed by atoms with Crippen LogP contribution in [0, 0.1) is 5.92 Å². The molecule has 5 nitrogen and oxygen atoms in total. The van der Waals surface area contributed by atoms with Crippen molar-refractivity contribution in [3.05, 3.63) is 16.4 Å². The van der Waals surface area contributed by atoms with Crippen LogP contribution >= 0.6 is 0 Å². The lowest BCUT2D eigenvalue weighted by Gasteiger charge is -2.17. The first-order valence-electron chi connectivity index (χ1n) is 5.07. The number of nitrogens with one attached hydrogen (secondary N) is 1. The third kappa shape index (κ3) is 1.72. The molecule has 5 heteroatoms. The average molecular weight is 197 g/mol. The van der Waals surface area contributed by atoms with E-state index >= 15 is 0 Å². The Bertz CT molecular complexity index is 338. The topological polar surface area (TPSA) is 84.9 Å². The van der Waals surface area contributed by atoms with E-state index in [2.05, 4.69) is 14.7 Å². The van der Waals surface area contributed by atoms with E-state index in [1.807, 2.05) is 0 Å². The van der Waals surface area contributed by atoms with Crippen LogP contribution in [0.3, 0.4) is 0 Å². The van der Waals surface area contributed by atoms with Gasteiger partial charge in [-0.2, -0.15) is 0 Å². The summed E-state index contributed by atoms with van der Waals surface area (Å²) in [5.74, 6) is 0.838. The zero-order chi connectivity index (χ0) is 9.97. The molecule has 1 aliphatic carbocycles. The Morgan fingerprint density at radius 3 is 2.79 bits per heavy atom. The Morgan fingerprint density at radius 2 is 2.29 bits per heavy atom. The normalized spacial score (nSPS) is 20.1. The van der Waals surface area contributed by atoms with Gasteiger partial charge in [0.2, 0.25) is 0 Å². The molecule has 0 saturated heterocycles. The second-order valence-corrected chi connectivity index (χ2v) is 3.87. The Kier molecular flexibility index (Phi) is 2.67. The molecular weight excluding hydrogens is 182 g/mol. The van der Waals surface area contributed by atoms with Crippen molar-refractivity contribution >= 4 is 0 Å². The summed E-state index contributed by atoms with van der Waals surface area (Å²) in [6, 6.07) is 0. The zero-order valence-electron chi connectivity index (χ0n) is 8.03. The molecule has 1 aliphatic rings. The average Bonchev–Trinajstić information content (AvgIpc) is 2.79. The smallest absolute Gasteiger partial charge is 0.330 e. The lowest BCUT2D eigenvalue weighted by atomic mass is 9.90. The summed E-state index contributed by atoms with van der Waals surface area (Å²) in [7, 11) is 0. The Labute approximate surface area is 81.7 Å². The molecule has 0 aliphatic heterocycles. The summed E-state index contributed by atoms with van der Waals surface area (Å²) < 4.78 is 4.49. The van der Waals surface area contributed by atoms with E-state index in [9.17, 15) is 4.79 Å². The number of H-pyrrole nitrogens is 1. The van der Waals surface area contributed by atoms with Crippen LogP contribution in [0.15, 0.2) is 9.32 Å². The van der Waals surface area contributed by atoms with Crippen molar-refractivity contribution in [2.75, 3.05) is 6.54 Å². The van der Waals surface area contributed by atoms with E-state index in [0.717, 1.165) is 0 Å². The minimum Gasteiger partial charge on any atom is -0.330 e. The number of aromatic amines is 1. The molecular formula is C9H15N3O2. The number of hydrogen-bond acceptors (Lipinski definition) is 4. The molecule has 0 spiro atoms. The van der Waals surface area contributed by atoms with Gasteiger partial charge in [0.1, 0.15) is 0 Å². The molecule has 0 bridgehead atoms. The monoisotopic (exact) mass is 197 g/mol. The van der Waals surface area contributed by atoms with Crippen LogP contribution in [-0.4, -0.2) is 16.7 Å². The maximum Gasteiger partial charge on any atom is 0.438 e. The fourth-order valence-corrected chi connectivity index (χ4v) is 2.29. The molecule has 0 aromatic carbocycles. The van der Waals surface area contributed by atoms with Crippen LogP contribution in [-0.2, 0) is 0 Å². The van der Waals surface area contributed by atoms with Crippen molar-refractivity contribution in [2.45, 2.75) is 31.6 Å². The van der Waals surface area contributed by atoms with Gasteiger partial charge in [-0.3, -0.25) is 9.51 Å². The van der Waals surface area contributed by atoms with Crippen LogP contribution in [0.1, 0.15) is 37.4 Å². The highest BCUT2D eigenvalue weighted by Crippen LogP contribution is 2.34. The molecule has 0 radical (unpaired) electrons. The van der Waals surface area contributed by atoms with E-state index in [0.29, 0.717) is 18.3 Å². The summed E-state index contributed by atoms with van der Waals surface area (Å²) in [6.07, 6.45) is 4.86. The van der Waals surface area contributed by atoms with Gasteiger partial charge < -0.3 is 5.73 Å². The van der Waals surface area contributed by atoms with Crippen LogP contribution in [0.2, 0.25) is 0 Å². The van der Waals surface area contributed by atoms with Crippen LogP contribution < -0.4 is 11.5 Å². The number of rotatable bonds is 3. The third-order valence-electron chi connectivity index (χ3n) is 3.03. The Balaban J connectivity index is 2.16. The predicted octanol–water partition coefficient (Wildman–Crippen LogP) is 0.595. The van der Waals surface area contributed by atoms with Gasteiger partial charge >= 0.3 is 5.76 Å². The lowest BCUT2D eigenvalue weighted by Crippen LogP contribution is -2.21. The molecule has 2 rings (SSSR count). The van der Waals surface area contributed by atoms with E-state index < -0.39 is 5.76 Å². The van der Waals surface area contributed by atoms with Crippen molar-refractivity contribution in [3.8, 4) is 0 Å². The molecule has 1 atom stereocenters. The maximum atomic E-state index is 10.8. The quantitative estimate of drug-likeness (QED) is 0.742. The van der Waals surface area contributed by atoms with E-state index in [4.69, 9.17) is 5.73 Å². The highest BCUT2D eigenvalue weighted by molar-refractivity contribution is 4.97. The van der Waals surface area contributed by atoms with Crippen molar-refractivity contribution < 1.29 is 4.52 Å². The van der Waals surface area contributed by atoms with Gasteiger partial charge in [0.25, 0.3) is 0 Å². The summed E-state index contributed by atoms with van der Waals surface area (Å²) in [5.41, 5.74) is 5.69. The molecule has 3 N–H and O–H groups in total. The number of hydrogen-bond donors (Lipinski definition) is 2. The number of nitrogens with zero attached hydrogens (tertiary/aromatic N) is 1. The van der Waals surface area contributed by atoms with Gasteiger partial charge in [-0.25, -0.2) is 4.79 Å². The van der Waals surface area contributed by atoms with Crippen molar-refractivity contribution in [3.63, 3.8) is 0 Å². The maximum absolute atomic E-state index is 10.8. The van der Waals surface area contributed by atoms with Gasteiger partial charge in [-0.15, -0.1) is 0 Å². The summed E-state index contributed by atoms with van der Waals surface area (Å²) in [4.78, 5) is 13.4. The van der Waals surface area contributed by atoms with Crippen molar-refractivity contribution in [2.24, 2.45) is 11.7 Å². The molecule has 0 unspecified atom stereocenters. The second kappa shape index (κ2) is 3.96. The first kappa shape index (κ1) is 9.45. The van der Waals surface area contributed by atoms with Gasteiger partial charge in [0.05, 0.1) is 0 Å². The fraction of sp³-hybridized carbons (Fsp3) is 0.778. The minimum absolute atomic E-state index is 0.156. The molecule has 1 aromatic rings. The molecule has 1 heterocycles. The van der Waals surface area contributed by atoms with E-state index in [1.54, 1.807) is 0 Å². The van der Waals surface area contributed by atoms with Crippen LogP contribution in [0.4, 0.5) is 0 Å². The first-order chi connectivity index (χ1) is 6.81. The molecule has 1 aromatic heterocycles. The zero-order valence-corrected chi connectivity index (χ0v) is 8.03. The van der Waals surface area contributed by atoms with E-state index in [-0.39, 0.29) is 5.92 Å². The highest BCUT2D eigenvalue weighted by atomic mass is 16.5. The molecule has 78 valence electrons. The molecule has 1 fully saturated rings. The summed E-state index contributed by atoms with van der Waals surface area (Å²) in [5, 5.41) is 3.71. The molecule has 14 heavy (non-hydrogen) atoms. The minimum atomic E-state index is -0.489. The van der Waals surface area contributed by atoms with E-state index in [1.165, 1.54) is 25.7 Å².